The highest BCUT2D eigenvalue weighted by Crippen LogP contribution is 2.26. The van der Waals surface area contributed by atoms with Crippen LogP contribution in [0.4, 0.5) is 5.69 Å². The molecular weight excluding hydrogens is 356 g/mol. The summed E-state index contributed by atoms with van der Waals surface area (Å²) >= 11 is 1.60. The SMILES string of the molecule is COc1ccc(-c2nc(CN=C(N)Nc3ccc4c(c3)CCC4)cs2)cc1. The van der Waals surface area contributed by atoms with Crippen molar-refractivity contribution in [3.05, 3.63) is 64.7 Å². The number of nitrogens with two attached hydrogens (primary N) is 1. The average Bonchev–Trinajstić information content (AvgIpc) is 3.35. The Hall–Kier alpha value is -2.86. The van der Waals surface area contributed by atoms with E-state index in [1.807, 2.05) is 29.6 Å². The number of benzene rings is 2. The Balaban J connectivity index is 1.39. The molecule has 1 heterocycles. The van der Waals surface area contributed by atoms with Crippen molar-refractivity contribution in [2.75, 3.05) is 12.4 Å². The summed E-state index contributed by atoms with van der Waals surface area (Å²) in [4.78, 5) is 9.07. The molecule has 1 aromatic heterocycles. The lowest BCUT2D eigenvalue weighted by Crippen LogP contribution is -2.22. The van der Waals surface area contributed by atoms with Gasteiger partial charge in [0.2, 0.25) is 0 Å². The monoisotopic (exact) mass is 378 g/mol. The summed E-state index contributed by atoms with van der Waals surface area (Å²) in [6, 6.07) is 14.3. The number of anilines is 1. The highest BCUT2D eigenvalue weighted by Gasteiger charge is 2.11. The lowest BCUT2D eigenvalue weighted by atomic mass is 10.1. The van der Waals surface area contributed by atoms with Gasteiger partial charge in [-0.05, 0) is 66.8 Å². The number of aromatic nitrogens is 1. The zero-order valence-corrected chi connectivity index (χ0v) is 16.1. The summed E-state index contributed by atoms with van der Waals surface area (Å²) in [5.74, 6) is 1.25. The number of nitrogens with one attached hydrogen (secondary N) is 1. The van der Waals surface area contributed by atoms with Crippen molar-refractivity contribution in [1.82, 2.24) is 4.98 Å². The molecule has 0 radical (unpaired) electrons. The Kier molecular flexibility index (Phi) is 5.07. The summed E-state index contributed by atoms with van der Waals surface area (Å²) in [5.41, 5.74) is 11.9. The molecule has 0 spiro atoms. The van der Waals surface area contributed by atoms with Gasteiger partial charge in [-0.2, -0.15) is 0 Å². The molecule has 0 aliphatic heterocycles. The van der Waals surface area contributed by atoms with Gasteiger partial charge in [0.15, 0.2) is 5.96 Å². The molecule has 0 saturated heterocycles. The predicted molar refractivity (Wildman–Crippen MR) is 112 cm³/mol. The van der Waals surface area contributed by atoms with Crippen molar-refractivity contribution >= 4 is 23.0 Å². The predicted octanol–water partition coefficient (Wildman–Crippen LogP) is 4.23. The third-order valence-corrected chi connectivity index (χ3v) is 5.61. The van der Waals surface area contributed by atoms with Gasteiger partial charge in [0.25, 0.3) is 0 Å². The molecule has 3 aromatic rings. The first-order valence-corrected chi connectivity index (χ1v) is 9.87. The number of guanidine groups is 1. The Labute approximate surface area is 162 Å². The maximum Gasteiger partial charge on any atom is 0.193 e. The van der Waals surface area contributed by atoms with E-state index in [4.69, 9.17) is 10.5 Å². The van der Waals surface area contributed by atoms with Gasteiger partial charge in [0, 0.05) is 16.6 Å². The van der Waals surface area contributed by atoms with E-state index in [0.717, 1.165) is 34.1 Å². The molecule has 5 nitrogen and oxygen atoms in total. The fraction of sp³-hybridized carbons (Fsp3) is 0.238. The van der Waals surface area contributed by atoms with Crippen molar-refractivity contribution in [2.24, 2.45) is 10.7 Å². The van der Waals surface area contributed by atoms with E-state index < -0.39 is 0 Å². The zero-order chi connectivity index (χ0) is 18.6. The van der Waals surface area contributed by atoms with Crippen LogP contribution in [0.25, 0.3) is 10.6 Å². The van der Waals surface area contributed by atoms with Crippen molar-refractivity contribution in [3.63, 3.8) is 0 Å². The largest absolute Gasteiger partial charge is 0.497 e. The third-order valence-electron chi connectivity index (χ3n) is 4.67. The number of hydrogen-bond donors (Lipinski definition) is 2. The van der Waals surface area contributed by atoms with Crippen LogP contribution in [-0.4, -0.2) is 18.1 Å². The van der Waals surface area contributed by atoms with Crippen molar-refractivity contribution in [3.8, 4) is 16.3 Å². The molecule has 0 bridgehead atoms. The molecule has 0 saturated carbocycles. The molecule has 0 unspecified atom stereocenters. The minimum atomic E-state index is 0.409. The molecule has 27 heavy (non-hydrogen) atoms. The van der Waals surface area contributed by atoms with E-state index >= 15 is 0 Å². The molecule has 2 aromatic carbocycles. The zero-order valence-electron chi connectivity index (χ0n) is 15.2. The van der Waals surface area contributed by atoms with Crippen LogP contribution in [0.1, 0.15) is 23.2 Å². The van der Waals surface area contributed by atoms with E-state index in [-0.39, 0.29) is 0 Å². The normalized spacial score (nSPS) is 13.4. The first-order valence-electron chi connectivity index (χ1n) is 8.99. The van der Waals surface area contributed by atoms with Crippen LogP contribution < -0.4 is 15.8 Å². The van der Waals surface area contributed by atoms with Crippen LogP contribution in [0.2, 0.25) is 0 Å². The molecule has 0 fully saturated rings. The van der Waals surface area contributed by atoms with Crippen molar-refractivity contribution < 1.29 is 4.74 Å². The van der Waals surface area contributed by atoms with Gasteiger partial charge in [-0.25, -0.2) is 9.98 Å². The number of aliphatic imine (C=N–C) groups is 1. The summed E-state index contributed by atoms with van der Waals surface area (Å²) in [6.07, 6.45) is 3.57. The number of nitrogens with zero attached hydrogens (tertiary/aromatic N) is 2. The van der Waals surface area contributed by atoms with Crippen LogP contribution in [0, 0.1) is 0 Å². The molecule has 1 aliphatic carbocycles. The Morgan fingerprint density at radius 3 is 2.81 bits per heavy atom. The fourth-order valence-corrected chi connectivity index (χ4v) is 4.07. The minimum Gasteiger partial charge on any atom is -0.497 e. The van der Waals surface area contributed by atoms with Gasteiger partial charge in [0.05, 0.1) is 19.3 Å². The summed E-state index contributed by atoms with van der Waals surface area (Å²) in [7, 11) is 1.66. The molecule has 1 aliphatic rings. The summed E-state index contributed by atoms with van der Waals surface area (Å²) < 4.78 is 5.19. The molecule has 0 amide bonds. The van der Waals surface area contributed by atoms with Gasteiger partial charge in [-0.3, -0.25) is 0 Å². The molecule has 0 atom stereocenters. The van der Waals surface area contributed by atoms with Gasteiger partial charge in [0.1, 0.15) is 10.8 Å². The number of methoxy groups -OCH3 is 1. The highest BCUT2D eigenvalue weighted by atomic mass is 32.1. The van der Waals surface area contributed by atoms with E-state index in [2.05, 4.69) is 33.5 Å². The Morgan fingerprint density at radius 1 is 1.19 bits per heavy atom. The van der Waals surface area contributed by atoms with Gasteiger partial charge in [-0.1, -0.05) is 6.07 Å². The third kappa shape index (κ3) is 4.11. The molecule has 4 rings (SSSR count). The fourth-order valence-electron chi connectivity index (χ4n) is 3.25. The van der Waals surface area contributed by atoms with Gasteiger partial charge >= 0.3 is 0 Å². The van der Waals surface area contributed by atoms with E-state index in [1.165, 1.54) is 24.0 Å². The van der Waals surface area contributed by atoms with Crippen LogP contribution in [0.5, 0.6) is 5.75 Å². The van der Waals surface area contributed by atoms with Crippen LogP contribution in [-0.2, 0) is 19.4 Å². The molecular formula is C21H22N4OS. The highest BCUT2D eigenvalue weighted by molar-refractivity contribution is 7.13. The number of rotatable bonds is 5. The quantitative estimate of drug-likeness (QED) is 0.515. The van der Waals surface area contributed by atoms with Crippen LogP contribution >= 0.6 is 11.3 Å². The maximum atomic E-state index is 6.05. The second kappa shape index (κ2) is 7.80. The first kappa shape index (κ1) is 17.5. The minimum absolute atomic E-state index is 0.409. The first-order chi connectivity index (χ1) is 13.2. The average molecular weight is 379 g/mol. The second-order valence-electron chi connectivity index (χ2n) is 6.54. The van der Waals surface area contributed by atoms with E-state index in [1.54, 1.807) is 18.4 Å². The van der Waals surface area contributed by atoms with Crippen molar-refractivity contribution in [1.29, 1.82) is 0 Å². The smallest absolute Gasteiger partial charge is 0.193 e. The van der Waals surface area contributed by atoms with E-state index in [0.29, 0.717) is 12.5 Å². The summed E-state index contributed by atoms with van der Waals surface area (Å²) in [5, 5.41) is 6.17. The number of fused-ring (bicyclic) bond motifs is 1. The molecule has 138 valence electrons. The summed E-state index contributed by atoms with van der Waals surface area (Å²) in [6.45, 7) is 0.455. The topological polar surface area (TPSA) is 72.5 Å². The van der Waals surface area contributed by atoms with Crippen molar-refractivity contribution in [2.45, 2.75) is 25.8 Å². The Morgan fingerprint density at radius 2 is 2.00 bits per heavy atom. The standard InChI is InChI=1S/C21H22N4OS/c1-26-19-9-6-15(7-10-19)20-24-18(13-27-20)12-23-21(22)25-17-8-5-14-3-2-4-16(14)11-17/h5-11,13H,2-4,12H2,1H3,(H3,22,23,25). The second-order valence-corrected chi connectivity index (χ2v) is 7.39. The van der Waals surface area contributed by atoms with E-state index in [9.17, 15) is 0 Å². The lowest BCUT2D eigenvalue weighted by molar-refractivity contribution is 0.415. The van der Waals surface area contributed by atoms with Crippen LogP contribution in [0.15, 0.2) is 52.8 Å². The van der Waals surface area contributed by atoms with Crippen LogP contribution in [0.3, 0.4) is 0 Å². The number of thiazole rings is 1. The number of aryl methyl sites for hydroxylation is 2. The molecule has 3 N–H and O–H groups in total. The maximum absolute atomic E-state index is 6.05. The van der Waals surface area contributed by atoms with Gasteiger partial charge in [-0.15, -0.1) is 11.3 Å². The number of ether oxygens (including phenoxy) is 1. The van der Waals surface area contributed by atoms with Gasteiger partial charge < -0.3 is 15.8 Å². The lowest BCUT2D eigenvalue weighted by Gasteiger charge is -2.07. The Bertz CT molecular complexity index is 963. The number of hydrogen-bond acceptors (Lipinski definition) is 4. The molecule has 6 heteroatoms.